The maximum Gasteiger partial charge on any atom is 0.306 e. The van der Waals surface area contributed by atoms with Crippen molar-refractivity contribution in [2.24, 2.45) is 0 Å². The number of hydrogen-bond donors (Lipinski definition) is 1. The molecular formula is C18H13FN2O4. The van der Waals surface area contributed by atoms with Crippen LogP contribution in [0.4, 0.5) is 15.8 Å². The maximum atomic E-state index is 13.3. The number of fused-ring (bicyclic) bond motifs is 1. The zero-order valence-electron chi connectivity index (χ0n) is 12.9. The van der Waals surface area contributed by atoms with Crippen molar-refractivity contribution in [2.45, 2.75) is 0 Å². The number of amides is 1. The van der Waals surface area contributed by atoms with Crippen molar-refractivity contribution in [2.75, 3.05) is 11.9 Å². The van der Waals surface area contributed by atoms with E-state index in [0.717, 1.165) is 22.9 Å². The molecule has 0 radical (unpaired) electrons. The molecule has 0 bridgehead atoms. The molecule has 0 saturated heterocycles. The number of nitrogens with one attached hydrogen (secondary N) is 1. The van der Waals surface area contributed by atoms with Crippen molar-refractivity contribution >= 4 is 28.1 Å². The molecule has 0 spiro atoms. The normalized spacial score (nSPS) is 10.4. The van der Waals surface area contributed by atoms with E-state index in [9.17, 15) is 19.3 Å². The largest absolute Gasteiger partial charge is 0.483 e. The second-order valence-electron chi connectivity index (χ2n) is 5.24. The van der Waals surface area contributed by atoms with E-state index in [1.54, 1.807) is 6.07 Å². The van der Waals surface area contributed by atoms with E-state index in [2.05, 4.69) is 5.32 Å². The molecule has 3 aromatic rings. The number of nitro groups is 1. The third-order valence-electron chi connectivity index (χ3n) is 3.53. The Morgan fingerprint density at radius 3 is 2.68 bits per heavy atom. The monoisotopic (exact) mass is 340 g/mol. The summed E-state index contributed by atoms with van der Waals surface area (Å²) in [7, 11) is 0. The predicted molar refractivity (Wildman–Crippen MR) is 91.1 cm³/mol. The van der Waals surface area contributed by atoms with Gasteiger partial charge in [-0.2, -0.15) is 4.39 Å². The van der Waals surface area contributed by atoms with Crippen LogP contribution in [0, 0.1) is 15.9 Å². The van der Waals surface area contributed by atoms with Gasteiger partial charge in [0, 0.05) is 17.1 Å². The molecule has 1 amide bonds. The number of benzene rings is 3. The fourth-order valence-electron chi connectivity index (χ4n) is 2.39. The van der Waals surface area contributed by atoms with Crippen LogP contribution in [0.5, 0.6) is 5.75 Å². The van der Waals surface area contributed by atoms with Crippen LogP contribution in [0.2, 0.25) is 0 Å². The third kappa shape index (κ3) is 3.72. The molecule has 0 saturated carbocycles. The fourth-order valence-corrected chi connectivity index (χ4v) is 2.39. The van der Waals surface area contributed by atoms with Crippen LogP contribution in [0.25, 0.3) is 10.8 Å². The number of ether oxygens (including phenoxy) is 1. The van der Waals surface area contributed by atoms with E-state index >= 15 is 0 Å². The summed E-state index contributed by atoms with van der Waals surface area (Å²) in [4.78, 5) is 21.9. The highest BCUT2D eigenvalue weighted by molar-refractivity contribution is 5.93. The number of carbonyl (C=O) groups is 1. The van der Waals surface area contributed by atoms with E-state index in [1.807, 2.05) is 36.4 Å². The Hall–Kier alpha value is -3.48. The van der Waals surface area contributed by atoms with Crippen LogP contribution in [-0.4, -0.2) is 17.4 Å². The topological polar surface area (TPSA) is 81.5 Å². The highest BCUT2D eigenvalue weighted by Gasteiger charge is 2.15. The van der Waals surface area contributed by atoms with Crippen LogP contribution in [0.3, 0.4) is 0 Å². The molecule has 0 fully saturated rings. The summed E-state index contributed by atoms with van der Waals surface area (Å²) in [5, 5.41) is 15.0. The highest BCUT2D eigenvalue weighted by Crippen LogP contribution is 2.25. The van der Waals surface area contributed by atoms with Gasteiger partial charge in [0.2, 0.25) is 5.82 Å². The van der Waals surface area contributed by atoms with Crippen molar-refractivity contribution in [3.8, 4) is 5.75 Å². The Labute approximate surface area is 142 Å². The molecule has 3 rings (SSSR count). The van der Waals surface area contributed by atoms with Gasteiger partial charge in [0.25, 0.3) is 5.91 Å². The van der Waals surface area contributed by atoms with Crippen LogP contribution in [0.15, 0.2) is 60.7 Å². The summed E-state index contributed by atoms with van der Waals surface area (Å²) in [5.41, 5.74) is -0.576. The van der Waals surface area contributed by atoms with E-state index < -0.39 is 22.3 Å². The Morgan fingerprint density at radius 1 is 1.12 bits per heavy atom. The van der Waals surface area contributed by atoms with Crippen LogP contribution in [0.1, 0.15) is 0 Å². The molecule has 0 aliphatic carbocycles. The molecule has 25 heavy (non-hydrogen) atoms. The number of nitrogens with zero attached hydrogens (tertiary/aromatic N) is 1. The lowest BCUT2D eigenvalue weighted by Gasteiger charge is -2.10. The number of nitro benzene ring substituents is 1. The average molecular weight is 340 g/mol. The number of halogens is 1. The zero-order chi connectivity index (χ0) is 17.8. The number of rotatable bonds is 5. The number of carbonyl (C=O) groups excluding carboxylic acids is 1. The third-order valence-corrected chi connectivity index (χ3v) is 3.53. The first-order chi connectivity index (χ1) is 12.0. The van der Waals surface area contributed by atoms with E-state index in [-0.39, 0.29) is 12.3 Å². The highest BCUT2D eigenvalue weighted by atomic mass is 19.1. The molecule has 7 heteroatoms. The molecule has 1 N–H and O–H groups in total. The van der Waals surface area contributed by atoms with Gasteiger partial charge in [0.1, 0.15) is 5.75 Å². The molecule has 0 unspecified atom stereocenters. The quantitative estimate of drug-likeness (QED) is 0.564. The smallest absolute Gasteiger partial charge is 0.306 e. The first-order valence-electron chi connectivity index (χ1n) is 7.39. The first-order valence-corrected chi connectivity index (χ1v) is 7.39. The van der Waals surface area contributed by atoms with Gasteiger partial charge in [-0.25, -0.2) is 0 Å². The Balaban J connectivity index is 1.69. The molecular weight excluding hydrogens is 327 g/mol. The van der Waals surface area contributed by atoms with Crippen molar-refractivity contribution < 1.29 is 18.8 Å². The molecule has 3 aromatic carbocycles. The number of hydrogen-bond acceptors (Lipinski definition) is 4. The standard InChI is InChI=1S/C18H13FN2O4/c19-15-9-8-13(10-16(15)21(23)24)20-18(22)11-25-17-7-3-5-12-4-1-2-6-14(12)17/h1-10H,11H2,(H,20,22). The van der Waals surface area contributed by atoms with Gasteiger partial charge in [-0.3, -0.25) is 14.9 Å². The van der Waals surface area contributed by atoms with E-state index in [1.165, 1.54) is 6.07 Å². The van der Waals surface area contributed by atoms with E-state index in [4.69, 9.17) is 4.74 Å². The van der Waals surface area contributed by atoms with Crippen molar-refractivity contribution in [3.05, 3.63) is 76.6 Å². The van der Waals surface area contributed by atoms with Gasteiger partial charge in [-0.1, -0.05) is 36.4 Å². The van der Waals surface area contributed by atoms with Gasteiger partial charge in [-0.15, -0.1) is 0 Å². The Bertz CT molecular complexity index is 953. The summed E-state index contributed by atoms with van der Waals surface area (Å²) in [6.07, 6.45) is 0. The Kier molecular flexibility index (Phi) is 4.56. The molecule has 0 aliphatic rings. The summed E-state index contributed by atoms with van der Waals surface area (Å²) in [6.45, 7) is -0.279. The maximum absolute atomic E-state index is 13.3. The molecule has 0 aromatic heterocycles. The lowest BCUT2D eigenvalue weighted by Crippen LogP contribution is -2.20. The van der Waals surface area contributed by atoms with Crippen molar-refractivity contribution in [1.82, 2.24) is 0 Å². The van der Waals surface area contributed by atoms with Crippen LogP contribution >= 0.6 is 0 Å². The molecule has 126 valence electrons. The summed E-state index contributed by atoms with van der Waals surface area (Å²) in [6, 6.07) is 16.2. The number of anilines is 1. The molecule has 0 atom stereocenters. The van der Waals surface area contributed by atoms with Crippen LogP contribution < -0.4 is 10.1 Å². The first kappa shape index (κ1) is 16.4. The van der Waals surface area contributed by atoms with Gasteiger partial charge in [0.05, 0.1) is 4.92 Å². The van der Waals surface area contributed by atoms with Gasteiger partial charge < -0.3 is 10.1 Å². The molecule has 6 nitrogen and oxygen atoms in total. The average Bonchev–Trinajstić information content (AvgIpc) is 2.61. The molecule has 0 heterocycles. The lowest BCUT2D eigenvalue weighted by molar-refractivity contribution is -0.387. The Morgan fingerprint density at radius 2 is 1.88 bits per heavy atom. The minimum absolute atomic E-state index is 0.125. The lowest BCUT2D eigenvalue weighted by atomic mass is 10.1. The second kappa shape index (κ2) is 6.96. The molecule has 0 aliphatic heterocycles. The van der Waals surface area contributed by atoms with E-state index in [0.29, 0.717) is 5.75 Å². The minimum atomic E-state index is -0.963. The summed E-state index contributed by atoms with van der Waals surface area (Å²) in [5.74, 6) is -0.915. The predicted octanol–water partition coefficient (Wildman–Crippen LogP) is 3.90. The minimum Gasteiger partial charge on any atom is -0.483 e. The second-order valence-corrected chi connectivity index (χ2v) is 5.24. The van der Waals surface area contributed by atoms with Gasteiger partial charge in [-0.05, 0) is 23.6 Å². The van der Waals surface area contributed by atoms with Crippen LogP contribution in [-0.2, 0) is 4.79 Å². The fraction of sp³-hybridized carbons (Fsp3) is 0.0556. The van der Waals surface area contributed by atoms with Crippen molar-refractivity contribution in [3.63, 3.8) is 0 Å². The van der Waals surface area contributed by atoms with Gasteiger partial charge >= 0.3 is 5.69 Å². The summed E-state index contributed by atoms with van der Waals surface area (Å²) < 4.78 is 18.8. The zero-order valence-corrected chi connectivity index (χ0v) is 12.9. The SMILES string of the molecule is O=C(COc1cccc2ccccc12)Nc1ccc(F)c([N+](=O)[O-])c1. The summed E-state index contributed by atoms with van der Waals surface area (Å²) >= 11 is 0. The van der Waals surface area contributed by atoms with Gasteiger partial charge in [0.15, 0.2) is 6.61 Å². The van der Waals surface area contributed by atoms with Crippen molar-refractivity contribution in [1.29, 1.82) is 0 Å².